The van der Waals surface area contributed by atoms with Crippen molar-refractivity contribution >= 4 is 40.9 Å². The molecule has 0 spiro atoms. The number of alkyl carbamates (subject to hydrolysis) is 1. The van der Waals surface area contributed by atoms with Crippen LogP contribution >= 0.6 is 23.2 Å². The van der Waals surface area contributed by atoms with Crippen LogP contribution in [0.25, 0.3) is 0 Å². The number of halogens is 2. The van der Waals surface area contributed by atoms with Crippen molar-refractivity contribution in [2.75, 3.05) is 42.9 Å². The number of benzene rings is 1. The Labute approximate surface area is 196 Å². The van der Waals surface area contributed by atoms with Gasteiger partial charge in [-0.05, 0) is 30.5 Å². The Bertz CT molecular complexity index is 686. The van der Waals surface area contributed by atoms with Crippen molar-refractivity contribution < 1.29 is 14.3 Å². The molecule has 2 amide bonds. The Morgan fingerprint density at radius 2 is 1.84 bits per heavy atom. The Kier molecular flexibility index (Phi) is 14.4. The first-order valence-corrected chi connectivity index (χ1v) is 11.7. The molecule has 0 aliphatic heterocycles. The molecule has 0 fully saturated rings. The predicted octanol–water partition coefficient (Wildman–Crippen LogP) is 3.94. The fraction of sp³-hybridized carbons (Fsp3) is 0.565. The molecule has 2 N–H and O–H groups in total. The fourth-order valence-electron chi connectivity index (χ4n) is 2.88. The van der Waals surface area contributed by atoms with Crippen molar-refractivity contribution in [2.24, 2.45) is 0 Å². The summed E-state index contributed by atoms with van der Waals surface area (Å²) in [7, 11) is 0. The summed E-state index contributed by atoms with van der Waals surface area (Å²) in [5.41, 5.74) is 1.92. The summed E-state index contributed by atoms with van der Waals surface area (Å²) in [4.78, 5) is 26.9. The maximum Gasteiger partial charge on any atom is 0.407 e. The van der Waals surface area contributed by atoms with Crippen molar-refractivity contribution in [2.45, 2.75) is 45.1 Å². The average Bonchev–Trinajstić information content (AvgIpc) is 2.77. The maximum absolute atomic E-state index is 12.7. The lowest BCUT2D eigenvalue weighted by Crippen LogP contribution is -2.48. The van der Waals surface area contributed by atoms with Gasteiger partial charge in [-0.2, -0.15) is 0 Å². The van der Waals surface area contributed by atoms with Crippen LogP contribution in [0.2, 0.25) is 0 Å². The van der Waals surface area contributed by atoms with Crippen LogP contribution < -0.4 is 15.5 Å². The highest BCUT2D eigenvalue weighted by atomic mass is 35.5. The molecule has 0 aromatic heterocycles. The number of carbonyl (C=O) groups excluding carboxylic acids is 2. The number of hydrogen-bond acceptors (Lipinski definition) is 4. The van der Waals surface area contributed by atoms with E-state index < -0.39 is 12.1 Å². The van der Waals surface area contributed by atoms with Crippen LogP contribution in [-0.2, 0) is 16.0 Å². The number of rotatable bonds is 15. The number of carbonyl (C=O) groups is 2. The quantitative estimate of drug-likeness (QED) is 0.232. The summed E-state index contributed by atoms with van der Waals surface area (Å²) in [6, 6.07) is 7.07. The van der Waals surface area contributed by atoms with Gasteiger partial charge in [-0.3, -0.25) is 4.79 Å². The molecule has 172 valence electrons. The zero-order valence-corrected chi connectivity index (χ0v) is 19.7. The number of anilines is 1. The molecule has 1 aromatic rings. The first kappa shape index (κ1) is 26.9. The highest BCUT2D eigenvalue weighted by Gasteiger charge is 2.22. The van der Waals surface area contributed by atoms with Gasteiger partial charge in [0.1, 0.15) is 6.04 Å². The molecule has 0 saturated heterocycles. The monoisotopic (exact) mass is 469 g/mol. The SMILES string of the molecule is C#CCCCNC(=O)[C@H](Cc1ccc(N(CCCl)CCCl)cc1)NC(=O)OCCCC. The molecule has 31 heavy (non-hydrogen) atoms. The second kappa shape index (κ2) is 16.6. The molecule has 0 unspecified atom stereocenters. The second-order valence-corrected chi connectivity index (χ2v) is 7.78. The average molecular weight is 470 g/mol. The molecular formula is C23H33Cl2N3O3. The molecule has 1 atom stereocenters. The third-order valence-corrected chi connectivity index (χ3v) is 4.92. The molecule has 1 rings (SSSR count). The van der Waals surface area contributed by atoms with Crippen molar-refractivity contribution in [3.63, 3.8) is 0 Å². The van der Waals surface area contributed by atoms with Crippen LogP contribution in [0.3, 0.4) is 0 Å². The van der Waals surface area contributed by atoms with Gasteiger partial charge >= 0.3 is 6.09 Å². The fourth-order valence-corrected chi connectivity index (χ4v) is 3.29. The Morgan fingerprint density at radius 1 is 1.16 bits per heavy atom. The van der Waals surface area contributed by atoms with Gasteiger partial charge in [-0.25, -0.2) is 4.79 Å². The number of hydrogen-bond donors (Lipinski definition) is 2. The van der Waals surface area contributed by atoms with Gasteiger partial charge in [0.05, 0.1) is 6.61 Å². The summed E-state index contributed by atoms with van der Waals surface area (Å²) >= 11 is 11.8. The van der Waals surface area contributed by atoms with Gasteiger partial charge < -0.3 is 20.3 Å². The van der Waals surface area contributed by atoms with Gasteiger partial charge in [-0.1, -0.05) is 25.5 Å². The largest absolute Gasteiger partial charge is 0.450 e. The summed E-state index contributed by atoms with van der Waals surface area (Å²) in [5, 5.41) is 5.52. The van der Waals surface area contributed by atoms with Gasteiger partial charge in [0.25, 0.3) is 0 Å². The van der Waals surface area contributed by atoms with Crippen molar-refractivity contribution in [3.8, 4) is 12.3 Å². The number of alkyl halides is 2. The number of ether oxygens (including phenoxy) is 1. The van der Waals surface area contributed by atoms with Crippen LogP contribution in [0.15, 0.2) is 24.3 Å². The van der Waals surface area contributed by atoms with E-state index in [4.69, 9.17) is 34.4 Å². The Hall–Kier alpha value is -2.10. The maximum atomic E-state index is 12.7. The molecule has 0 saturated carbocycles. The Morgan fingerprint density at radius 3 is 2.42 bits per heavy atom. The van der Waals surface area contributed by atoms with Crippen molar-refractivity contribution in [1.82, 2.24) is 10.6 Å². The summed E-state index contributed by atoms with van der Waals surface area (Å²) in [6.45, 7) is 4.18. The van der Waals surface area contributed by atoms with E-state index in [1.165, 1.54) is 0 Å². The standard InChI is InChI=1S/C23H33Cl2N3O3/c1-3-5-7-14-26-22(29)21(27-23(30)31-17-6-4-2)18-19-8-10-20(11-9-19)28(15-12-24)16-13-25/h1,8-11,21H,4-7,12-18H2,2H3,(H,26,29)(H,27,30)/t21-/m0/s1. The minimum atomic E-state index is -0.743. The van der Waals surface area contributed by atoms with E-state index in [1.54, 1.807) is 0 Å². The lowest BCUT2D eigenvalue weighted by atomic mass is 10.0. The minimum Gasteiger partial charge on any atom is -0.450 e. The van der Waals surface area contributed by atoms with E-state index >= 15 is 0 Å². The summed E-state index contributed by atoms with van der Waals surface area (Å²) < 4.78 is 5.16. The van der Waals surface area contributed by atoms with E-state index in [2.05, 4.69) is 21.5 Å². The molecule has 6 nitrogen and oxygen atoms in total. The van der Waals surface area contributed by atoms with Gasteiger partial charge in [0.2, 0.25) is 5.91 Å². The minimum absolute atomic E-state index is 0.264. The zero-order chi connectivity index (χ0) is 22.9. The molecule has 0 aliphatic rings. The molecule has 1 aromatic carbocycles. The van der Waals surface area contributed by atoms with E-state index in [9.17, 15) is 9.59 Å². The van der Waals surface area contributed by atoms with Crippen LogP contribution in [0, 0.1) is 12.3 Å². The predicted molar refractivity (Wildman–Crippen MR) is 128 cm³/mol. The number of unbranched alkanes of at least 4 members (excludes halogenated alkanes) is 2. The van der Waals surface area contributed by atoms with Crippen molar-refractivity contribution in [1.29, 1.82) is 0 Å². The van der Waals surface area contributed by atoms with E-state index in [-0.39, 0.29) is 5.91 Å². The number of terminal acetylenes is 1. The first-order valence-electron chi connectivity index (χ1n) is 10.7. The van der Waals surface area contributed by atoms with Crippen LogP contribution in [0.4, 0.5) is 10.5 Å². The van der Waals surface area contributed by atoms with Crippen LogP contribution in [-0.4, -0.2) is 56.0 Å². The smallest absolute Gasteiger partial charge is 0.407 e. The third-order valence-electron chi connectivity index (χ3n) is 4.59. The van der Waals surface area contributed by atoms with Crippen LogP contribution in [0.5, 0.6) is 0 Å². The van der Waals surface area contributed by atoms with E-state index in [0.29, 0.717) is 57.3 Å². The highest BCUT2D eigenvalue weighted by Crippen LogP contribution is 2.17. The van der Waals surface area contributed by atoms with Crippen molar-refractivity contribution in [3.05, 3.63) is 29.8 Å². The summed E-state index contributed by atoms with van der Waals surface area (Å²) in [6.07, 6.45) is 7.96. The second-order valence-electron chi connectivity index (χ2n) is 7.02. The molecule has 0 radical (unpaired) electrons. The Balaban J connectivity index is 2.81. The van der Waals surface area contributed by atoms with Gasteiger partial charge in [-0.15, -0.1) is 35.5 Å². The molecule has 0 bridgehead atoms. The lowest BCUT2D eigenvalue weighted by Gasteiger charge is -2.23. The topological polar surface area (TPSA) is 70.7 Å². The summed E-state index contributed by atoms with van der Waals surface area (Å²) in [5.74, 6) is 3.29. The molecule has 8 heteroatoms. The van der Waals surface area contributed by atoms with Gasteiger partial charge in [0, 0.05) is 49.9 Å². The van der Waals surface area contributed by atoms with Gasteiger partial charge in [0.15, 0.2) is 0 Å². The highest BCUT2D eigenvalue weighted by molar-refractivity contribution is 6.18. The first-order chi connectivity index (χ1) is 15.0. The van der Waals surface area contributed by atoms with E-state index in [0.717, 1.165) is 24.1 Å². The lowest BCUT2D eigenvalue weighted by molar-refractivity contribution is -0.123. The molecule has 0 aliphatic carbocycles. The molecule has 0 heterocycles. The molecular weight excluding hydrogens is 437 g/mol. The number of amides is 2. The van der Waals surface area contributed by atoms with E-state index in [1.807, 2.05) is 31.2 Å². The zero-order valence-electron chi connectivity index (χ0n) is 18.2. The third kappa shape index (κ3) is 11.2. The number of nitrogens with one attached hydrogen (secondary N) is 2. The number of nitrogens with zero attached hydrogens (tertiary/aromatic N) is 1. The normalized spacial score (nSPS) is 11.3. The van der Waals surface area contributed by atoms with Crippen LogP contribution in [0.1, 0.15) is 38.2 Å².